The van der Waals surface area contributed by atoms with Gasteiger partial charge in [0.05, 0.1) is 18.8 Å². The Labute approximate surface area is 121 Å². The number of hydrogen-bond acceptors (Lipinski definition) is 5. The van der Waals surface area contributed by atoms with Crippen LogP contribution in [0.15, 0.2) is 6.33 Å². The van der Waals surface area contributed by atoms with Crippen LogP contribution < -0.4 is 10.2 Å². The Morgan fingerprint density at radius 1 is 1.40 bits per heavy atom. The maximum atomic E-state index is 5.61. The highest BCUT2D eigenvalue weighted by atomic mass is 16.5. The van der Waals surface area contributed by atoms with Crippen molar-refractivity contribution in [3.05, 3.63) is 11.9 Å². The predicted octanol–water partition coefficient (Wildman–Crippen LogP) is 2.65. The molecule has 0 radical (unpaired) electrons. The molecule has 0 unspecified atom stereocenters. The van der Waals surface area contributed by atoms with Gasteiger partial charge in [0, 0.05) is 18.7 Å². The quantitative estimate of drug-likeness (QED) is 0.917. The number of anilines is 2. The van der Waals surface area contributed by atoms with Crippen LogP contribution in [0.5, 0.6) is 0 Å². The van der Waals surface area contributed by atoms with Gasteiger partial charge in [-0.05, 0) is 26.7 Å². The standard InChI is InChI=1S/C15H26N4O/c1-6-16-13-12(11(2)3)14(18-10-17-13)19-7-8-20-9-15(19,4)5/h10-11H,6-9H2,1-5H3,(H,16,17,18). The van der Waals surface area contributed by atoms with E-state index in [1.54, 1.807) is 6.33 Å². The van der Waals surface area contributed by atoms with Crippen LogP contribution >= 0.6 is 0 Å². The highest BCUT2D eigenvalue weighted by Gasteiger charge is 2.34. The van der Waals surface area contributed by atoms with Gasteiger partial charge in [-0.2, -0.15) is 0 Å². The molecular formula is C15H26N4O. The second-order valence-corrected chi connectivity index (χ2v) is 6.16. The highest BCUT2D eigenvalue weighted by molar-refractivity contribution is 5.61. The molecule has 2 rings (SSSR count). The lowest BCUT2D eigenvalue weighted by Crippen LogP contribution is -2.54. The van der Waals surface area contributed by atoms with Crippen molar-refractivity contribution >= 4 is 11.6 Å². The summed E-state index contributed by atoms with van der Waals surface area (Å²) in [6.45, 7) is 14.1. The molecule has 1 saturated heterocycles. The second kappa shape index (κ2) is 5.95. The Morgan fingerprint density at radius 2 is 2.15 bits per heavy atom. The number of hydrogen-bond donors (Lipinski definition) is 1. The van der Waals surface area contributed by atoms with Crippen LogP contribution in [0.25, 0.3) is 0 Å². The molecule has 1 N–H and O–H groups in total. The lowest BCUT2D eigenvalue weighted by atomic mass is 9.98. The average molecular weight is 278 g/mol. The molecule has 0 aromatic carbocycles. The van der Waals surface area contributed by atoms with E-state index >= 15 is 0 Å². The summed E-state index contributed by atoms with van der Waals surface area (Å²) in [5.74, 6) is 2.37. The molecule has 1 aliphatic heterocycles. The molecule has 5 heteroatoms. The van der Waals surface area contributed by atoms with Crippen molar-refractivity contribution in [3.63, 3.8) is 0 Å². The fourth-order valence-corrected chi connectivity index (χ4v) is 2.69. The van der Waals surface area contributed by atoms with Gasteiger partial charge in [-0.15, -0.1) is 0 Å². The molecule has 0 spiro atoms. The van der Waals surface area contributed by atoms with Gasteiger partial charge < -0.3 is 15.0 Å². The summed E-state index contributed by atoms with van der Waals surface area (Å²) in [6.07, 6.45) is 1.66. The molecule has 2 heterocycles. The molecule has 1 fully saturated rings. The number of ether oxygens (including phenoxy) is 1. The first-order valence-electron chi connectivity index (χ1n) is 7.41. The molecule has 0 aliphatic carbocycles. The van der Waals surface area contributed by atoms with Gasteiger partial charge in [0.15, 0.2) is 0 Å². The van der Waals surface area contributed by atoms with Crippen molar-refractivity contribution in [1.82, 2.24) is 9.97 Å². The third-order valence-electron chi connectivity index (χ3n) is 3.69. The number of morpholine rings is 1. The number of nitrogens with one attached hydrogen (secondary N) is 1. The van der Waals surface area contributed by atoms with E-state index in [0.717, 1.165) is 37.9 Å². The SMILES string of the molecule is CCNc1ncnc(N2CCOCC2(C)C)c1C(C)C. The fraction of sp³-hybridized carbons (Fsp3) is 0.733. The molecule has 1 aliphatic rings. The Balaban J connectivity index is 2.47. The minimum atomic E-state index is -0.0419. The van der Waals surface area contributed by atoms with Crippen molar-refractivity contribution < 1.29 is 4.74 Å². The van der Waals surface area contributed by atoms with Crippen LogP contribution in [0.2, 0.25) is 0 Å². The first-order chi connectivity index (χ1) is 9.47. The topological polar surface area (TPSA) is 50.3 Å². The molecule has 1 aromatic rings. The summed E-state index contributed by atoms with van der Waals surface area (Å²) >= 11 is 0. The van der Waals surface area contributed by atoms with Gasteiger partial charge in [-0.3, -0.25) is 0 Å². The molecule has 1 aromatic heterocycles. The summed E-state index contributed by atoms with van der Waals surface area (Å²) in [4.78, 5) is 11.3. The summed E-state index contributed by atoms with van der Waals surface area (Å²) in [6, 6.07) is 0. The van der Waals surface area contributed by atoms with Gasteiger partial charge in [0.1, 0.15) is 18.0 Å². The predicted molar refractivity (Wildman–Crippen MR) is 82.5 cm³/mol. The van der Waals surface area contributed by atoms with Gasteiger partial charge in [-0.1, -0.05) is 13.8 Å². The van der Waals surface area contributed by atoms with Crippen molar-refractivity contribution in [2.45, 2.75) is 46.1 Å². The van der Waals surface area contributed by atoms with Gasteiger partial charge in [-0.25, -0.2) is 9.97 Å². The third kappa shape index (κ3) is 2.87. The molecule has 0 bridgehead atoms. The summed E-state index contributed by atoms with van der Waals surface area (Å²) in [5.41, 5.74) is 1.16. The van der Waals surface area contributed by atoms with Crippen molar-refractivity contribution in [2.75, 3.05) is 36.5 Å². The fourth-order valence-electron chi connectivity index (χ4n) is 2.69. The molecular weight excluding hydrogens is 252 g/mol. The van der Waals surface area contributed by atoms with Crippen LogP contribution in [-0.2, 0) is 4.74 Å². The summed E-state index contributed by atoms with van der Waals surface area (Å²) in [7, 11) is 0. The minimum absolute atomic E-state index is 0.0419. The van der Waals surface area contributed by atoms with Gasteiger partial charge in [0.25, 0.3) is 0 Å². The van der Waals surface area contributed by atoms with Crippen LogP contribution in [-0.4, -0.2) is 41.8 Å². The Bertz CT molecular complexity index is 459. The molecule has 5 nitrogen and oxygen atoms in total. The van der Waals surface area contributed by atoms with E-state index in [1.165, 1.54) is 5.56 Å². The van der Waals surface area contributed by atoms with Crippen molar-refractivity contribution in [2.24, 2.45) is 0 Å². The zero-order valence-corrected chi connectivity index (χ0v) is 13.2. The van der Waals surface area contributed by atoms with Crippen LogP contribution in [0, 0.1) is 0 Å². The van der Waals surface area contributed by atoms with E-state index in [2.05, 4.69) is 54.8 Å². The normalized spacial score (nSPS) is 18.4. The van der Waals surface area contributed by atoms with E-state index in [-0.39, 0.29) is 5.54 Å². The molecule has 0 saturated carbocycles. The van der Waals surface area contributed by atoms with Crippen molar-refractivity contribution in [3.8, 4) is 0 Å². The molecule has 20 heavy (non-hydrogen) atoms. The highest BCUT2D eigenvalue weighted by Crippen LogP contribution is 2.35. The van der Waals surface area contributed by atoms with Gasteiger partial charge >= 0.3 is 0 Å². The Kier molecular flexibility index (Phi) is 4.48. The van der Waals surface area contributed by atoms with Crippen LogP contribution in [0.4, 0.5) is 11.6 Å². The lowest BCUT2D eigenvalue weighted by Gasteiger charge is -2.44. The van der Waals surface area contributed by atoms with E-state index < -0.39 is 0 Å². The largest absolute Gasteiger partial charge is 0.377 e. The molecule has 112 valence electrons. The maximum absolute atomic E-state index is 5.61. The minimum Gasteiger partial charge on any atom is -0.377 e. The van der Waals surface area contributed by atoms with Crippen molar-refractivity contribution in [1.29, 1.82) is 0 Å². The maximum Gasteiger partial charge on any atom is 0.138 e. The average Bonchev–Trinajstić information content (AvgIpc) is 2.38. The van der Waals surface area contributed by atoms with E-state index in [1.807, 2.05) is 0 Å². The summed E-state index contributed by atoms with van der Waals surface area (Å²) < 4.78 is 5.61. The Morgan fingerprint density at radius 3 is 2.75 bits per heavy atom. The first-order valence-corrected chi connectivity index (χ1v) is 7.41. The van der Waals surface area contributed by atoms with Gasteiger partial charge in [0.2, 0.25) is 0 Å². The zero-order chi connectivity index (χ0) is 14.8. The van der Waals surface area contributed by atoms with E-state index in [0.29, 0.717) is 5.92 Å². The van der Waals surface area contributed by atoms with Crippen LogP contribution in [0.1, 0.15) is 46.1 Å². The second-order valence-electron chi connectivity index (χ2n) is 6.16. The van der Waals surface area contributed by atoms with Crippen LogP contribution in [0.3, 0.4) is 0 Å². The number of nitrogens with zero attached hydrogens (tertiary/aromatic N) is 3. The van der Waals surface area contributed by atoms with E-state index in [9.17, 15) is 0 Å². The third-order valence-corrected chi connectivity index (χ3v) is 3.69. The summed E-state index contributed by atoms with van der Waals surface area (Å²) in [5, 5.41) is 3.36. The monoisotopic (exact) mass is 278 g/mol. The number of aromatic nitrogens is 2. The first kappa shape index (κ1) is 15.0. The molecule has 0 atom stereocenters. The lowest BCUT2D eigenvalue weighted by molar-refractivity contribution is 0.0637. The molecule has 0 amide bonds. The Hall–Kier alpha value is -1.36. The zero-order valence-electron chi connectivity index (χ0n) is 13.2. The smallest absolute Gasteiger partial charge is 0.138 e. The number of rotatable bonds is 4. The van der Waals surface area contributed by atoms with E-state index in [4.69, 9.17) is 4.74 Å².